The molecule has 0 bridgehead atoms. The number of urea groups is 1. The Hall–Kier alpha value is -2.42. The molecule has 0 spiro atoms. The summed E-state index contributed by atoms with van der Waals surface area (Å²) >= 11 is 1.62. The summed E-state index contributed by atoms with van der Waals surface area (Å²) in [5.41, 5.74) is 1.10. The second kappa shape index (κ2) is 8.61. The normalized spacial score (nSPS) is 19.2. The zero-order chi connectivity index (χ0) is 21.4. The second-order valence-electron chi connectivity index (χ2n) is 8.75. The smallest absolute Gasteiger partial charge is 0.320 e. The first-order valence-electron chi connectivity index (χ1n) is 11.5. The van der Waals surface area contributed by atoms with E-state index in [1.165, 1.54) is 16.9 Å². The van der Waals surface area contributed by atoms with Crippen molar-refractivity contribution in [2.24, 2.45) is 0 Å². The molecule has 0 radical (unpaired) electrons. The molecule has 2 saturated heterocycles. The van der Waals surface area contributed by atoms with Gasteiger partial charge in [-0.2, -0.15) is 0 Å². The summed E-state index contributed by atoms with van der Waals surface area (Å²) in [5.74, 6) is 0.645. The van der Waals surface area contributed by atoms with Gasteiger partial charge >= 0.3 is 6.03 Å². The van der Waals surface area contributed by atoms with E-state index in [-0.39, 0.29) is 17.5 Å². The van der Waals surface area contributed by atoms with Crippen LogP contribution in [0.5, 0.6) is 0 Å². The van der Waals surface area contributed by atoms with Gasteiger partial charge in [0.15, 0.2) is 0 Å². The standard InChI is InChI=1S/C22H29N5O3S/c28-18(25-11-13-27(14-12-25)22(30)26-9-2-1-3-10-26)8-7-17-23-20(29)19-15-5-4-6-16(15)31-21(19)24-17/h1-14H2,(H,23,24,29). The highest BCUT2D eigenvalue weighted by Crippen LogP contribution is 2.34. The van der Waals surface area contributed by atoms with Crippen molar-refractivity contribution in [3.8, 4) is 0 Å². The predicted octanol–water partition coefficient (Wildman–Crippen LogP) is 2.16. The highest BCUT2D eigenvalue weighted by atomic mass is 32.1. The molecule has 0 aromatic carbocycles. The number of aromatic nitrogens is 2. The molecular formula is C22H29N5O3S. The van der Waals surface area contributed by atoms with Gasteiger partial charge in [0.25, 0.3) is 5.56 Å². The SMILES string of the molecule is O=C(CCc1nc2sc3c(c2c(=O)[nH]1)CCC3)N1CCN(C(=O)N2CCCCC2)CC1. The van der Waals surface area contributed by atoms with Crippen molar-refractivity contribution in [1.82, 2.24) is 24.7 Å². The molecule has 0 unspecified atom stereocenters. The van der Waals surface area contributed by atoms with E-state index < -0.39 is 0 Å². The number of rotatable bonds is 3. The maximum absolute atomic E-state index is 12.7. The van der Waals surface area contributed by atoms with Crippen LogP contribution in [-0.4, -0.2) is 75.9 Å². The molecule has 1 aliphatic carbocycles. The van der Waals surface area contributed by atoms with Gasteiger partial charge in [-0.3, -0.25) is 9.59 Å². The molecule has 2 aromatic rings. The Morgan fingerprint density at radius 3 is 2.39 bits per heavy atom. The molecule has 3 amide bonds. The van der Waals surface area contributed by atoms with E-state index in [1.54, 1.807) is 11.3 Å². The van der Waals surface area contributed by atoms with Crippen molar-refractivity contribution in [3.05, 3.63) is 26.6 Å². The van der Waals surface area contributed by atoms with Crippen LogP contribution in [0.15, 0.2) is 4.79 Å². The number of aryl methyl sites for hydroxylation is 3. The Labute approximate surface area is 185 Å². The van der Waals surface area contributed by atoms with Crippen molar-refractivity contribution in [1.29, 1.82) is 0 Å². The van der Waals surface area contributed by atoms with Crippen LogP contribution in [0, 0.1) is 0 Å². The molecule has 4 heterocycles. The molecule has 31 heavy (non-hydrogen) atoms. The number of piperazine rings is 1. The molecule has 8 nitrogen and oxygen atoms in total. The quantitative estimate of drug-likeness (QED) is 0.787. The fourth-order valence-corrected chi connectivity index (χ4v) is 6.26. The minimum Gasteiger partial charge on any atom is -0.339 e. The molecule has 1 N–H and O–H groups in total. The number of nitrogens with one attached hydrogen (secondary N) is 1. The lowest BCUT2D eigenvalue weighted by Gasteiger charge is -2.38. The first kappa shape index (κ1) is 20.5. The minimum atomic E-state index is -0.0725. The minimum absolute atomic E-state index is 0.0569. The van der Waals surface area contributed by atoms with Crippen LogP contribution in [0.4, 0.5) is 4.79 Å². The van der Waals surface area contributed by atoms with Crippen LogP contribution in [0.25, 0.3) is 10.2 Å². The van der Waals surface area contributed by atoms with Crippen LogP contribution in [-0.2, 0) is 24.1 Å². The van der Waals surface area contributed by atoms with Crippen LogP contribution < -0.4 is 5.56 Å². The van der Waals surface area contributed by atoms with Gasteiger partial charge in [0.05, 0.1) is 5.39 Å². The number of carbonyl (C=O) groups is 2. The van der Waals surface area contributed by atoms with E-state index in [1.807, 2.05) is 14.7 Å². The van der Waals surface area contributed by atoms with Crippen LogP contribution in [0.1, 0.15) is 48.4 Å². The molecule has 5 rings (SSSR count). The summed E-state index contributed by atoms with van der Waals surface area (Å²) in [6.07, 6.45) is 7.23. The van der Waals surface area contributed by atoms with Gasteiger partial charge in [0.2, 0.25) is 5.91 Å². The van der Waals surface area contributed by atoms with Crippen molar-refractivity contribution in [2.75, 3.05) is 39.3 Å². The zero-order valence-corrected chi connectivity index (χ0v) is 18.6. The van der Waals surface area contributed by atoms with Crippen molar-refractivity contribution in [3.63, 3.8) is 0 Å². The van der Waals surface area contributed by atoms with Gasteiger partial charge in [-0.1, -0.05) is 0 Å². The fourth-order valence-electron chi connectivity index (χ4n) is 4.98. The monoisotopic (exact) mass is 443 g/mol. The molecular weight excluding hydrogens is 414 g/mol. The number of H-pyrrole nitrogens is 1. The summed E-state index contributed by atoms with van der Waals surface area (Å²) in [6, 6.07) is 0.115. The highest BCUT2D eigenvalue weighted by Gasteiger charge is 2.28. The largest absolute Gasteiger partial charge is 0.339 e. The number of fused-ring (bicyclic) bond motifs is 3. The number of hydrogen-bond donors (Lipinski definition) is 1. The number of piperidine rings is 1. The number of hydrogen-bond acceptors (Lipinski definition) is 5. The fraction of sp³-hybridized carbons (Fsp3) is 0.636. The Morgan fingerprint density at radius 1 is 0.903 bits per heavy atom. The highest BCUT2D eigenvalue weighted by molar-refractivity contribution is 7.18. The van der Waals surface area contributed by atoms with Crippen LogP contribution >= 0.6 is 11.3 Å². The first-order chi connectivity index (χ1) is 15.1. The molecule has 166 valence electrons. The molecule has 0 atom stereocenters. The third-order valence-corrected chi connectivity index (χ3v) is 7.91. The third-order valence-electron chi connectivity index (χ3n) is 6.73. The maximum atomic E-state index is 12.7. The summed E-state index contributed by atoms with van der Waals surface area (Å²) < 4.78 is 0. The Bertz CT molecular complexity index is 1050. The number of amides is 3. The molecule has 2 fully saturated rings. The summed E-state index contributed by atoms with van der Waals surface area (Å²) in [5, 5.41) is 0.752. The van der Waals surface area contributed by atoms with E-state index in [4.69, 9.17) is 0 Å². The number of likely N-dealkylation sites (tertiary alicyclic amines) is 1. The lowest BCUT2D eigenvalue weighted by molar-refractivity contribution is -0.132. The predicted molar refractivity (Wildman–Crippen MR) is 120 cm³/mol. The Morgan fingerprint density at radius 2 is 1.61 bits per heavy atom. The maximum Gasteiger partial charge on any atom is 0.320 e. The van der Waals surface area contributed by atoms with Gasteiger partial charge in [-0.25, -0.2) is 9.78 Å². The lowest BCUT2D eigenvalue weighted by atomic mass is 10.1. The summed E-state index contributed by atoms with van der Waals surface area (Å²) in [7, 11) is 0. The van der Waals surface area contributed by atoms with E-state index in [2.05, 4.69) is 9.97 Å². The van der Waals surface area contributed by atoms with E-state index >= 15 is 0 Å². The summed E-state index contributed by atoms with van der Waals surface area (Å²) in [4.78, 5) is 53.2. The average Bonchev–Trinajstić information content (AvgIpc) is 3.38. The topological polar surface area (TPSA) is 89.6 Å². The molecule has 0 saturated carbocycles. The third kappa shape index (κ3) is 4.07. The molecule has 2 aliphatic heterocycles. The van der Waals surface area contributed by atoms with Gasteiger partial charge in [0.1, 0.15) is 10.7 Å². The van der Waals surface area contributed by atoms with Crippen molar-refractivity contribution >= 4 is 33.5 Å². The van der Waals surface area contributed by atoms with Gasteiger partial charge < -0.3 is 19.7 Å². The number of thiophene rings is 1. The Balaban J connectivity index is 1.15. The first-order valence-corrected chi connectivity index (χ1v) is 12.3. The van der Waals surface area contributed by atoms with E-state index in [9.17, 15) is 14.4 Å². The molecule has 2 aromatic heterocycles. The van der Waals surface area contributed by atoms with E-state index in [0.717, 1.165) is 55.4 Å². The zero-order valence-electron chi connectivity index (χ0n) is 17.8. The average molecular weight is 444 g/mol. The Kier molecular flexibility index (Phi) is 5.69. The van der Waals surface area contributed by atoms with Gasteiger partial charge in [-0.05, 0) is 44.1 Å². The van der Waals surface area contributed by atoms with Crippen LogP contribution in [0.2, 0.25) is 0 Å². The molecule has 9 heteroatoms. The van der Waals surface area contributed by atoms with Crippen LogP contribution in [0.3, 0.4) is 0 Å². The summed E-state index contributed by atoms with van der Waals surface area (Å²) in [6.45, 7) is 4.01. The van der Waals surface area contributed by atoms with E-state index in [0.29, 0.717) is 44.8 Å². The molecule has 3 aliphatic rings. The number of nitrogens with zero attached hydrogens (tertiary/aromatic N) is 4. The number of aromatic amines is 1. The number of carbonyl (C=O) groups excluding carboxylic acids is 2. The van der Waals surface area contributed by atoms with Gasteiger partial charge in [0, 0.05) is 57.0 Å². The lowest BCUT2D eigenvalue weighted by Crippen LogP contribution is -2.54. The van der Waals surface area contributed by atoms with Gasteiger partial charge in [-0.15, -0.1) is 11.3 Å². The van der Waals surface area contributed by atoms with Crippen molar-refractivity contribution < 1.29 is 9.59 Å². The second-order valence-corrected chi connectivity index (χ2v) is 9.83. The van der Waals surface area contributed by atoms with Crippen molar-refractivity contribution in [2.45, 2.75) is 51.4 Å².